The maximum atomic E-state index is 5.70. The van der Waals surface area contributed by atoms with Gasteiger partial charge in [-0.25, -0.2) is 9.97 Å². The molecule has 0 aliphatic heterocycles. The molecule has 0 saturated heterocycles. The van der Waals surface area contributed by atoms with Crippen LogP contribution in [0, 0.1) is 0 Å². The summed E-state index contributed by atoms with van der Waals surface area (Å²) in [5.74, 6) is 1.32. The number of anilines is 1. The molecular formula is C13H10BrN3OS. The van der Waals surface area contributed by atoms with E-state index in [0.29, 0.717) is 17.3 Å². The normalized spacial score (nSPS) is 11.0. The summed E-state index contributed by atoms with van der Waals surface area (Å²) in [5, 5.41) is 0.935. The summed E-state index contributed by atoms with van der Waals surface area (Å²) in [5.41, 5.74) is 7.93. The molecule has 0 saturated carbocycles. The van der Waals surface area contributed by atoms with Crippen LogP contribution in [0.25, 0.3) is 11.1 Å². The lowest BCUT2D eigenvalue weighted by Crippen LogP contribution is -1.82. The number of fused-ring (bicyclic) bond motifs is 1. The van der Waals surface area contributed by atoms with E-state index in [1.54, 1.807) is 24.0 Å². The Morgan fingerprint density at radius 3 is 2.95 bits per heavy atom. The van der Waals surface area contributed by atoms with Crippen molar-refractivity contribution in [1.82, 2.24) is 9.97 Å². The topological polar surface area (TPSA) is 64.9 Å². The van der Waals surface area contributed by atoms with Gasteiger partial charge in [-0.15, -0.1) is 0 Å². The summed E-state index contributed by atoms with van der Waals surface area (Å²) >= 11 is 4.94. The Labute approximate surface area is 122 Å². The van der Waals surface area contributed by atoms with Gasteiger partial charge in [0.05, 0.1) is 10.8 Å². The summed E-state index contributed by atoms with van der Waals surface area (Å²) in [6.07, 6.45) is 1.77. The zero-order valence-electron chi connectivity index (χ0n) is 9.84. The third-order valence-corrected chi connectivity index (χ3v) is 3.90. The Morgan fingerprint density at radius 2 is 2.16 bits per heavy atom. The molecule has 2 N–H and O–H groups in total. The number of nitrogens with two attached hydrogens (primary N) is 1. The number of aromatic nitrogens is 2. The molecule has 19 heavy (non-hydrogen) atoms. The lowest BCUT2D eigenvalue weighted by molar-refractivity contribution is 0.556. The second-order valence-electron chi connectivity index (χ2n) is 3.94. The van der Waals surface area contributed by atoms with Crippen molar-refractivity contribution in [3.63, 3.8) is 0 Å². The minimum atomic E-state index is 0.642. The van der Waals surface area contributed by atoms with E-state index in [2.05, 4.69) is 25.9 Å². The molecule has 0 fully saturated rings. The number of rotatable bonds is 3. The van der Waals surface area contributed by atoms with Gasteiger partial charge >= 0.3 is 0 Å². The molecule has 3 rings (SSSR count). The number of pyridine rings is 1. The Morgan fingerprint density at radius 1 is 1.26 bits per heavy atom. The third kappa shape index (κ3) is 2.90. The molecular weight excluding hydrogens is 326 g/mol. The van der Waals surface area contributed by atoms with E-state index in [4.69, 9.17) is 10.2 Å². The molecule has 0 bridgehead atoms. The van der Waals surface area contributed by atoms with Crippen molar-refractivity contribution in [2.75, 3.05) is 5.73 Å². The zero-order valence-corrected chi connectivity index (χ0v) is 12.2. The van der Waals surface area contributed by atoms with Gasteiger partial charge in [0.15, 0.2) is 5.58 Å². The lowest BCUT2D eigenvalue weighted by atomic mass is 10.3. The summed E-state index contributed by atoms with van der Waals surface area (Å²) in [6, 6.07) is 9.38. The molecule has 0 unspecified atom stereocenters. The molecule has 4 nitrogen and oxygen atoms in total. The fraction of sp³-hybridized carbons (Fsp3) is 0.0769. The van der Waals surface area contributed by atoms with Gasteiger partial charge in [-0.1, -0.05) is 11.8 Å². The monoisotopic (exact) mass is 335 g/mol. The molecule has 1 aromatic carbocycles. The second kappa shape index (κ2) is 5.22. The molecule has 0 atom stereocenters. The molecule has 0 aliphatic carbocycles. The van der Waals surface area contributed by atoms with Crippen molar-refractivity contribution in [2.24, 2.45) is 0 Å². The van der Waals surface area contributed by atoms with Gasteiger partial charge in [-0.2, -0.15) is 0 Å². The molecule has 6 heteroatoms. The SMILES string of the molecule is Nc1ccc2nc(CSc3ccc(Br)cn3)oc2c1. The minimum Gasteiger partial charge on any atom is -0.440 e. The van der Waals surface area contributed by atoms with Gasteiger partial charge < -0.3 is 10.2 Å². The first-order chi connectivity index (χ1) is 9.20. The van der Waals surface area contributed by atoms with E-state index in [1.165, 1.54) is 0 Å². The van der Waals surface area contributed by atoms with Crippen molar-refractivity contribution in [3.8, 4) is 0 Å². The first-order valence-electron chi connectivity index (χ1n) is 5.60. The van der Waals surface area contributed by atoms with Crippen LogP contribution in [0.1, 0.15) is 5.89 Å². The van der Waals surface area contributed by atoms with Crippen molar-refractivity contribution in [3.05, 3.63) is 46.9 Å². The highest BCUT2D eigenvalue weighted by molar-refractivity contribution is 9.10. The maximum Gasteiger partial charge on any atom is 0.205 e. The summed E-state index contributed by atoms with van der Waals surface area (Å²) in [6.45, 7) is 0. The van der Waals surface area contributed by atoms with Crippen LogP contribution >= 0.6 is 27.7 Å². The van der Waals surface area contributed by atoms with E-state index in [0.717, 1.165) is 20.6 Å². The first kappa shape index (κ1) is 12.5. The van der Waals surface area contributed by atoms with Crippen molar-refractivity contribution >= 4 is 44.5 Å². The van der Waals surface area contributed by atoms with Gasteiger partial charge in [0, 0.05) is 22.4 Å². The zero-order chi connectivity index (χ0) is 13.2. The molecule has 2 aromatic heterocycles. The molecule has 0 radical (unpaired) electrons. The van der Waals surface area contributed by atoms with Crippen molar-refractivity contribution in [1.29, 1.82) is 0 Å². The number of halogens is 1. The number of nitrogens with zero attached hydrogens (tertiary/aromatic N) is 2. The van der Waals surface area contributed by atoms with Crippen LogP contribution < -0.4 is 5.73 Å². The number of nitrogen functional groups attached to an aromatic ring is 1. The predicted molar refractivity (Wildman–Crippen MR) is 79.9 cm³/mol. The molecule has 0 spiro atoms. The van der Waals surface area contributed by atoms with E-state index >= 15 is 0 Å². The van der Waals surface area contributed by atoms with Gasteiger partial charge in [-0.3, -0.25) is 0 Å². The van der Waals surface area contributed by atoms with Crippen LogP contribution in [0.4, 0.5) is 5.69 Å². The molecule has 96 valence electrons. The summed E-state index contributed by atoms with van der Waals surface area (Å²) in [7, 11) is 0. The highest BCUT2D eigenvalue weighted by Gasteiger charge is 2.07. The molecule has 3 aromatic rings. The fourth-order valence-corrected chi connectivity index (χ4v) is 2.55. The van der Waals surface area contributed by atoms with Crippen molar-refractivity contribution < 1.29 is 4.42 Å². The quantitative estimate of drug-likeness (QED) is 0.581. The number of hydrogen-bond donors (Lipinski definition) is 1. The highest BCUT2D eigenvalue weighted by atomic mass is 79.9. The lowest BCUT2D eigenvalue weighted by Gasteiger charge is -1.97. The standard InChI is InChI=1S/C13H10BrN3OS/c14-8-1-4-13(16-6-8)19-7-12-17-10-3-2-9(15)5-11(10)18-12/h1-6H,7,15H2. The van der Waals surface area contributed by atoms with E-state index < -0.39 is 0 Å². The van der Waals surface area contributed by atoms with E-state index in [9.17, 15) is 0 Å². The van der Waals surface area contributed by atoms with Gasteiger partial charge in [0.2, 0.25) is 5.89 Å². The third-order valence-electron chi connectivity index (χ3n) is 2.50. The Hall–Kier alpha value is -1.53. The van der Waals surface area contributed by atoms with Crippen LogP contribution in [0.5, 0.6) is 0 Å². The number of benzene rings is 1. The van der Waals surface area contributed by atoms with Crippen LogP contribution in [0.3, 0.4) is 0 Å². The largest absolute Gasteiger partial charge is 0.440 e. The average Bonchev–Trinajstić information content (AvgIpc) is 2.80. The van der Waals surface area contributed by atoms with E-state index in [1.807, 2.05) is 24.3 Å². The van der Waals surface area contributed by atoms with E-state index in [-0.39, 0.29) is 0 Å². The number of thioether (sulfide) groups is 1. The maximum absolute atomic E-state index is 5.70. The van der Waals surface area contributed by atoms with Crippen molar-refractivity contribution in [2.45, 2.75) is 10.8 Å². The average molecular weight is 336 g/mol. The van der Waals surface area contributed by atoms with Crippen LogP contribution in [-0.4, -0.2) is 9.97 Å². The first-order valence-corrected chi connectivity index (χ1v) is 7.38. The van der Waals surface area contributed by atoms with Gasteiger partial charge in [0.1, 0.15) is 5.52 Å². The fourth-order valence-electron chi connectivity index (χ4n) is 1.63. The summed E-state index contributed by atoms with van der Waals surface area (Å²) in [4.78, 5) is 8.69. The Kier molecular flexibility index (Phi) is 3.44. The number of oxazole rings is 1. The Bertz CT molecular complexity index is 711. The van der Waals surface area contributed by atoms with Crippen LogP contribution in [0.2, 0.25) is 0 Å². The highest BCUT2D eigenvalue weighted by Crippen LogP contribution is 2.25. The minimum absolute atomic E-state index is 0.642. The predicted octanol–water partition coefficient (Wildman–Crippen LogP) is 3.86. The summed E-state index contributed by atoms with van der Waals surface area (Å²) < 4.78 is 6.61. The smallest absolute Gasteiger partial charge is 0.205 e. The van der Waals surface area contributed by atoms with Crippen LogP contribution in [-0.2, 0) is 5.75 Å². The van der Waals surface area contributed by atoms with Crippen LogP contribution in [0.15, 0.2) is 50.4 Å². The molecule has 0 aliphatic rings. The van der Waals surface area contributed by atoms with Gasteiger partial charge in [-0.05, 0) is 40.2 Å². The number of hydrogen-bond acceptors (Lipinski definition) is 5. The molecule has 0 amide bonds. The molecule has 2 heterocycles. The van der Waals surface area contributed by atoms with Gasteiger partial charge in [0.25, 0.3) is 0 Å². The second-order valence-corrected chi connectivity index (χ2v) is 5.85. The Balaban J connectivity index is 1.76.